The number of nitrogens with zero attached hydrogens (tertiary/aromatic N) is 2. The first kappa shape index (κ1) is 14.6. The number of pyridine rings is 1. The van der Waals surface area contributed by atoms with Crippen molar-refractivity contribution in [1.29, 1.82) is 0 Å². The molecule has 0 bridgehead atoms. The van der Waals surface area contributed by atoms with Gasteiger partial charge in [-0.25, -0.2) is 4.98 Å². The molecule has 0 aromatic carbocycles. The summed E-state index contributed by atoms with van der Waals surface area (Å²) in [6, 6.07) is 1.91. The van der Waals surface area contributed by atoms with Gasteiger partial charge in [-0.15, -0.1) is 0 Å². The zero-order valence-corrected chi connectivity index (χ0v) is 10.4. The predicted molar refractivity (Wildman–Crippen MR) is 63.7 cm³/mol. The minimum atomic E-state index is -4.42. The van der Waals surface area contributed by atoms with E-state index in [2.05, 4.69) is 10.3 Å². The van der Waals surface area contributed by atoms with Gasteiger partial charge < -0.3 is 15.3 Å². The zero-order valence-electron chi connectivity index (χ0n) is 10.4. The Balaban J connectivity index is 3.12. The molecule has 0 aliphatic heterocycles. The molecule has 0 fully saturated rings. The highest BCUT2D eigenvalue weighted by molar-refractivity contribution is 5.50. The van der Waals surface area contributed by atoms with Crippen LogP contribution in [-0.2, 0) is 6.18 Å². The van der Waals surface area contributed by atoms with Gasteiger partial charge in [-0.3, -0.25) is 0 Å². The summed E-state index contributed by atoms with van der Waals surface area (Å²) < 4.78 is 38.1. The first-order valence-electron chi connectivity index (χ1n) is 5.40. The van der Waals surface area contributed by atoms with Gasteiger partial charge in [-0.05, 0) is 19.1 Å². The number of halogens is 3. The van der Waals surface area contributed by atoms with E-state index < -0.39 is 17.8 Å². The smallest absolute Gasteiger partial charge is 0.392 e. The summed E-state index contributed by atoms with van der Waals surface area (Å²) in [6.07, 6.45) is -5.07. The number of aliphatic hydroxyl groups is 1. The van der Waals surface area contributed by atoms with Crippen LogP contribution in [0.4, 0.5) is 24.8 Å². The number of likely N-dealkylation sites (N-methyl/N-ethyl adjacent to an activating group) is 1. The van der Waals surface area contributed by atoms with Crippen LogP contribution in [0.2, 0.25) is 0 Å². The molecule has 2 N–H and O–H groups in total. The molecule has 1 aromatic heterocycles. The van der Waals surface area contributed by atoms with E-state index in [0.717, 1.165) is 12.1 Å². The molecule has 0 aliphatic carbocycles. The molecule has 4 nitrogen and oxygen atoms in total. The lowest BCUT2D eigenvalue weighted by Crippen LogP contribution is -2.28. The van der Waals surface area contributed by atoms with Gasteiger partial charge in [0.2, 0.25) is 0 Å². The number of alkyl halides is 3. The van der Waals surface area contributed by atoms with Gasteiger partial charge in [-0.1, -0.05) is 0 Å². The highest BCUT2D eigenvalue weighted by atomic mass is 19.4. The summed E-state index contributed by atoms with van der Waals surface area (Å²) in [4.78, 5) is 5.50. The second-order valence-corrected chi connectivity index (χ2v) is 4.08. The lowest BCUT2D eigenvalue weighted by molar-refractivity contribution is -0.137. The maximum Gasteiger partial charge on any atom is 0.416 e. The van der Waals surface area contributed by atoms with Crippen molar-refractivity contribution in [2.45, 2.75) is 19.2 Å². The van der Waals surface area contributed by atoms with Crippen molar-refractivity contribution >= 4 is 11.6 Å². The molecule has 18 heavy (non-hydrogen) atoms. The van der Waals surface area contributed by atoms with Gasteiger partial charge in [0.15, 0.2) is 0 Å². The van der Waals surface area contributed by atoms with E-state index in [1.807, 2.05) is 0 Å². The monoisotopic (exact) mass is 263 g/mol. The standard InChI is InChI=1S/C11H16F3N3O/c1-7(18)6-17(3)10-5-8(11(12,13)14)4-9(15-2)16-10/h4-5,7,18H,6H2,1-3H3,(H,15,16). The normalized spacial score (nSPS) is 13.3. The fourth-order valence-electron chi connectivity index (χ4n) is 1.49. The summed E-state index contributed by atoms with van der Waals surface area (Å²) in [6.45, 7) is 1.76. The molecular weight excluding hydrogens is 247 g/mol. The van der Waals surface area contributed by atoms with E-state index in [-0.39, 0.29) is 18.2 Å². The molecule has 0 spiro atoms. The molecule has 0 saturated heterocycles. The molecule has 1 atom stereocenters. The summed E-state index contributed by atoms with van der Waals surface area (Å²) in [7, 11) is 3.08. The summed E-state index contributed by atoms with van der Waals surface area (Å²) in [5.41, 5.74) is -0.769. The molecule has 102 valence electrons. The predicted octanol–water partition coefficient (Wildman–Crippen LogP) is 1.96. The summed E-state index contributed by atoms with van der Waals surface area (Å²) >= 11 is 0. The minimum Gasteiger partial charge on any atom is -0.392 e. The SMILES string of the molecule is CNc1cc(C(F)(F)F)cc(N(C)CC(C)O)n1. The van der Waals surface area contributed by atoms with Crippen molar-refractivity contribution < 1.29 is 18.3 Å². The number of nitrogens with one attached hydrogen (secondary N) is 1. The quantitative estimate of drug-likeness (QED) is 0.871. The van der Waals surface area contributed by atoms with Crippen molar-refractivity contribution in [1.82, 2.24) is 4.98 Å². The highest BCUT2D eigenvalue weighted by Crippen LogP contribution is 2.32. The van der Waals surface area contributed by atoms with Crippen LogP contribution in [0.15, 0.2) is 12.1 Å². The van der Waals surface area contributed by atoms with Gasteiger partial charge in [0.1, 0.15) is 11.6 Å². The Hall–Kier alpha value is -1.50. The fourth-order valence-corrected chi connectivity index (χ4v) is 1.49. The lowest BCUT2D eigenvalue weighted by atomic mass is 10.2. The number of aromatic nitrogens is 1. The van der Waals surface area contributed by atoms with Crippen LogP contribution in [0.1, 0.15) is 12.5 Å². The minimum absolute atomic E-state index is 0.136. The van der Waals surface area contributed by atoms with Crippen molar-refractivity contribution in [3.8, 4) is 0 Å². The Morgan fingerprint density at radius 3 is 2.50 bits per heavy atom. The third kappa shape index (κ3) is 3.76. The van der Waals surface area contributed by atoms with Gasteiger partial charge >= 0.3 is 6.18 Å². The van der Waals surface area contributed by atoms with Gasteiger partial charge in [-0.2, -0.15) is 13.2 Å². The van der Waals surface area contributed by atoms with Crippen LogP contribution in [-0.4, -0.2) is 36.8 Å². The van der Waals surface area contributed by atoms with Crippen molar-refractivity contribution in [3.63, 3.8) is 0 Å². The largest absolute Gasteiger partial charge is 0.416 e. The number of hydrogen-bond donors (Lipinski definition) is 2. The van der Waals surface area contributed by atoms with Crippen LogP contribution >= 0.6 is 0 Å². The zero-order chi connectivity index (χ0) is 13.9. The maximum atomic E-state index is 12.7. The van der Waals surface area contributed by atoms with Gasteiger partial charge in [0.25, 0.3) is 0 Å². The van der Waals surface area contributed by atoms with Crippen LogP contribution < -0.4 is 10.2 Å². The van der Waals surface area contributed by atoms with E-state index >= 15 is 0 Å². The molecule has 0 amide bonds. The Labute approximate surface area is 103 Å². The van der Waals surface area contributed by atoms with Gasteiger partial charge in [0.05, 0.1) is 11.7 Å². The summed E-state index contributed by atoms with van der Waals surface area (Å²) in [5.74, 6) is 0.298. The van der Waals surface area contributed by atoms with Crippen molar-refractivity contribution in [3.05, 3.63) is 17.7 Å². The third-order valence-corrected chi connectivity index (χ3v) is 2.32. The number of aliphatic hydroxyl groups excluding tert-OH is 1. The molecule has 1 unspecified atom stereocenters. The van der Waals surface area contributed by atoms with E-state index in [1.165, 1.54) is 11.9 Å². The fraction of sp³-hybridized carbons (Fsp3) is 0.545. The van der Waals surface area contributed by atoms with E-state index in [0.29, 0.717) is 0 Å². The molecule has 0 saturated carbocycles. The Bertz CT molecular complexity index is 407. The van der Waals surface area contributed by atoms with Crippen LogP contribution in [0.25, 0.3) is 0 Å². The average molecular weight is 263 g/mol. The second-order valence-electron chi connectivity index (χ2n) is 4.08. The lowest BCUT2D eigenvalue weighted by Gasteiger charge is -2.21. The average Bonchev–Trinajstić information content (AvgIpc) is 2.26. The third-order valence-electron chi connectivity index (χ3n) is 2.32. The second kappa shape index (κ2) is 5.43. The van der Waals surface area contributed by atoms with Crippen LogP contribution in [0.5, 0.6) is 0 Å². The molecule has 1 rings (SSSR count). The Morgan fingerprint density at radius 1 is 1.44 bits per heavy atom. The first-order chi connectivity index (χ1) is 8.24. The summed E-state index contributed by atoms with van der Waals surface area (Å²) in [5, 5.41) is 11.8. The van der Waals surface area contributed by atoms with E-state index in [4.69, 9.17) is 0 Å². The van der Waals surface area contributed by atoms with Crippen LogP contribution in [0.3, 0.4) is 0 Å². The molecule has 1 heterocycles. The highest BCUT2D eigenvalue weighted by Gasteiger charge is 2.32. The number of hydrogen-bond acceptors (Lipinski definition) is 4. The van der Waals surface area contributed by atoms with Crippen LogP contribution in [0, 0.1) is 0 Å². The van der Waals surface area contributed by atoms with Crippen molar-refractivity contribution in [2.75, 3.05) is 30.9 Å². The number of anilines is 2. The number of rotatable bonds is 4. The topological polar surface area (TPSA) is 48.4 Å². The molecule has 1 aromatic rings. The molecule has 7 heteroatoms. The first-order valence-corrected chi connectivity index (χ1v) is 5.40. The maximum absolute atomic E-state index is 12.7. The molecule has 0 radical (unpaired) electrons. The van der Waals surface area contributed by atoms with Crippen molar-refractivity contribution in [2.24, 2.45) is 0 Å². The Kier molecular flexibility index (Phi) is 4.39. The Morgan fingerprint density at radius 2 is 2.06 bits per heavy atom. The van der Waals surface area contributed by atoms with E-state index in [9.17, 15) is 18.3 Å². The molecule has 0 aliphatic rings. The molecular formula is C11H16F3N3O. The van der Waals surface area contributed by atoms with E-state index in [1.54, 1.807) is 14.0 Å². The van der Waals surface area contributed by atoms with Gasteiger partial charge in [0, 0.05) is 20.6 Å².